The lowest BCUT2D eigenvalue weighted by Crippen LogP contribution is -2.25. The number of amides is 1. The summed E-state index contributed by atoms with van der Waals surface area (Å²) in [5.41, 5.74) is -1.58. The zero-order valence-electron chi connectivity index (χ0n) is 12.0. The van der Waals surface area contributed by atoms with Crippen molar-refractivity contribution < 1.29 is 9.72 Å². The lowest BCUT2D eigenvalue weighted by atomic mass is 10.1. The molecule has 1 aromatic heterocycles. The van der Waals surface area contributed by atoms with E-state index in [2.05, 4.69) is 10.3 Å². The molecule has 0 saturated heterocycles. The molecule has 0 atom stereocenters. The molecule has 1 amide bonds. The minimum absolute atomic E-state index is 0.199. The number of benzene rings is 1. The Bertz CT molecular complexity index is 893. The molecule has 23 heavy (non-hydrogen) atoms. The summed E-state index contributed by atoms with van der Waals surface area (Å²) >= 11 is 0. The summed E-state index contributed by atoms with van der Waals surface area (Å²) in [6.07, 6.45) is 2.76. The number of hydrogen-bond acceptors (Lipinski definition) is 5. The van der Waals surface area contributed by atoms with Crippen LogP contribution in [-0.4, -0.2) is 20.8 Å². The van der Waals surface area contributed by atoms with Crippen molar-refractivity contribution in [2.75, 3.05) is 5.32 Å². The number of H-pyrrole nitrogens is 2. The molecular formula is C14H12N4O5. The fraction of sp³-hybridized carbons (Fsp3) is 0.0714. The van der Waals surface area contributed by atoms with Gasteiger partial charge in [0.05, 0.1) is 4.92 Å². The third-order valence-electron chi connectivity index (χ3n) is 2.80. The molecule has 0 aliphatic heterocycles. The highest BCUT2D eigenvalue weighted by Gasteiger charge is 2.18. The van der Waals surface area contributed by atoms with E-state index in [-0.39, 0.29) is 11.6 Å². The minimum Gasteiger partial charge on any atom is -0.326 e. The summed E-state index contributed by atoms with van der Waals surface area (Å²) in [7, 11) is 0. The van der Waals surface area contributed by atoms with E-state index >= 15 is 0 Å². The van der Waals surface area contributed by atoms with E-state index in [0.717, 1.165) is 0 Å². The Kier molecular flexibility index (Phi) is 4.50. The number of carbonyl (C=O) groups excluding carboxylic acids is 1. The fourth-order valence-corrected chi connectivity index (χ4v) is 1.86. The molecule has 0 fully saturated rings. The van der Waals surface area contributed by atoms with Gasteiger partial charge in [-0.15, -0.1) is 0 Å². The summed E-state index contributed by atoms with van der Waals surface area (Å²) in [4.78, 5) is 47.7. The maximum Gasteiger partial charge on any atom is 0.357 e. The number of nitro groups is 1. The molecule has 0 saturated carbocycles. The Morgan fingerprint density at radius 2 is 1.83 bits per heavy atom. The van der Waals surface area contributed by atoms with Crippen LogP contribution in [0.1, 0.15) is 18.2 Å². The van der Waals surface area contributed by atoms with Crippen LogP contribution in [0.4, 0.5) is 11.4 Å². The van der Waals surface area contributed by atoms with Gasteiger partial charge in [-0.3, -0.25) is 24.7 Å². The molecule has 0 spiro atoms. The second-order valence-electron chi connectivity index (χ2n) is 4.56. The Morgan fingerprint density at radius 3 is 2.39 bits per heavy atom. The Hall–Kier alpha value is -3.49. The maximum absolute atomic E-state index is 11.5. The Labute approximate surface area is 128 Å². The van der Waals surface area contributed by atoms with E-state index in [9.17, 15) is 24.5 Å². The molecule has 3 N–H and O–H groups in total. The monoisotopic (exact) mass is 316 g/mol. The highest BCUT2D eigenvalue weighted by Crippen LogP contribution is 2.14. The van der Waals surface area contributed by atoms with Crippen LogP contribution >= 0.6 is 0 Å². The first-order valence-electron chi connectivity index (χ1n) is 6.43. The topological polar surface area (TPSA) is 138 Å². The number of nitrogens with zero attached hydrogens (tertiary/aromatic N) is 1. The summed E-state index contributed by atoms with van der Waals surface area (Å²) in [5.74, 6) is -0.204. The van der Waals surface area contributed by atoms with Gasteiger partial charge < -0.3 is 10.3 Å². The van der Waals surface area contributed by atoms with Crippen molar-refractivity contribution in [1.82, 2.24) is 9.97 Å². The van der Waals surface area contributed by atoms with Gasteiger partial charge in [-0.1, -0.05) is 18.2 Å². The van der Waals surface area contributed by atoms with Crippen molar-refractivity contribution in [2.45, 2.75) is 6.92 Å². The number of nitrogens with one attached hydrogen (secondary N) is 3. The Balaban J connectivity index is 2.33. The van der Waals surface area contributed by atoms with Crippen LogP contribution in [0.5, 0.6) is 0 Å². The smallest absolute Gasteiger partial charge is 0.326 e. The molecule has 0 bridgehead atoms. The zero-order chi connectivity index (χ0) is 17.0. The normalized spacial score (nSPS) is 10.7. The highest BCUT2D eigenvalue weighted by molar-refractivity contribution is 5.88. The predicted molar refractivity (Wildman–Crippen MR) is 84.0 cm³/mol. The van der Waals surface area contributed by atoms with Crippen molar-refractivity contribution >= 4 is 29.4 Å². The van der Waals surface area contributed by atoms with Gasteiger partial charge in [-0.25, -0.2) is 4.79 Å². The van der Waals surface area contributed by atoms with Crippen LogP contribution in [0.15, 0.2) is 33.9 Å². The quantitative estimate of drug-likeness (QED) is 0.572. The van der Waals surface area contributed by atoms with Crippen LogP contribution in [0.2, 0.25) is 0 Å². The van der Waals surface area contributed by atoms with Gasteiger partial charge in [-0.05, 0) is 23.8 Å². The van der Waals surface area contributed by atoms with Crippen LogP contribution < -0.4 is 16.6 Å². The third kappa shape index (κ3) is 4.00. The molecule has 2 aromatic rings. The van der Waals surface area contributed by atoms with Crippen molar-refractivity contribution in [3.05, 3.63) is 66.5 Å². The number of carbonyl (C=O) groups is 1. The van der Waals surface area contributed by atoms with E-state index < -0.39 is 21.9 Å². The fourth-order valence-electron chi connectivity index (χ4n) is 1.86. The second kappa shape index (κ2) is 6.52. The lowest BCUT2D eigenvalue weighted by Gasteiger charge is -2.01. The van der Waals surface area contributed by atoms with Crippen molar-refractivity contribution in [2.24, 2.45) is 0 Å². The first kappa shape index (κ1) is 15.9. The molecule has 0 radical (unpaired) electrons. The average Bonchev–Trinajstić information content (AvgIpc) is 2.44. The molecule has 0 aliphatic carbocycles. The lowest BCUT2D eigenvalue weighted by molar-refractivity contribution is -0.386. The van der Waals surface area contributed by atoms with Crippen LogP contribution in [-0.2, 0) is 4.79 Å². The Morgan fingerprint density at radius 1 is 1.17 bits per heavy atom. The SMILES string of the molecule is CC(=O)Nc1ccc(C=Cc2[nH]c(=O)[nH]c(=O)c2[N+](=O)[O-])cc1. The number of anilines is 1. The van der Waals surface area contributed by atoms with E-state index in [0.29, 0.717) is 11.3 Å². The van der Waals surface area contributed by atoms with Crippen molar-refractivity contribution in [3.8, 4) is 0 Å². The van der Waals surface area contributed by atoms with E-state index in [4.69, 9.17) is 0 Å². The molecule has 1 heterocycles. The molecular weight excluding hydrogens is 304 g/mol. The molecule has 9 nitrogen and oxygen atoms in total. The standard InChI is InChI=1S/C14H12N4O5/c1-8(19)15-10-5-2-9(3-6-10)4-7-11-12(18(22)23)13(20)17-14(21)16-11/h2-7H,1H3,(H,15,19)(H2,16,17,20,21). The van der Waals surface area contributed by atoms with Crippen LogP contribution in [0.25, 0.3) is 12.2 Å². The third-order valence-corrected chi connectivity index (χ3v) is 2.80. The first-order chi connectivity index (χ1) is 10.9. The molecule has 118 valence electrons. The van der Waals surface area contributed by atoms with Crippen molar-refractivity contribution in [3.63, 3.8) is 0 Å². The second-order valence-corrected chi connectivity index (χ2v) is 4.56. The molecule has 1 aromatic carbocycles. The molecule has 0 unspecified atom stereocenters. The molecule has 0 aliphatic rings. The highest BCUT2D eigenvalue weighted by atomic mass is 16.6. The first-order valence-corrected chi connectivity index (χ1v) is 6.43. The zero-order valence-corrected chi connectivity index (χ0v) is 12.0. The average molecular weight is 316 g/mol. The molecule has 9 heteroatoms. The van der Waals surface area contributed by atoms with Crippen molar-refractivity contribution in [1.29, 1.82) is 0 Å². The van der Waals surface area contributed by atoms with Gasteiger partial charge in [0.25, 0.3) is 0 Å². The van der Waals surface area contributed by atoms with Gasteiger partial charge in [0.1, 0.15) is 5.69 Å². The van der Waals surface area contributed by atoms with Gasteiger partial charge in [-0.2, -0.15) is 0 Å². The summed E-state index contributed by atoms with van der Waals surface area (Å²) in [5, 5.41) is 13.5. The minimum atomic E-state index is -1.07. The van der Waals surface area contributed by atoms with Gasteiger partial charge in [0.15, 0.2) is 0 Å². The predicted octanol–water partition coefficient (Wildman–Crippen LogP) is 1.10. The number of hydrogen-bond donors (Lipinski definition) is 3. The summed E-state index contributed by atoms with van der Waals surface area (Å²) in [6, 6.07) is 6.63. The maximum atomic E-state index is 11.5. The largest absolute Gasteiger partial charge is 0.357 e. The molecule has 2 rings (SSSR count). The number of rotatable bonds is 4. The number of aromatic nitrogens is 2. The summed E-state index contributed by atoms with van der Waals surface area (Å²) in [6.45, 7) is 1.39. The van der Waals surface area contributed by atoms with E-state index in [1.165, 1.54) is 19.1 Å². The van der Waals surface area contributed by atoms with E-state index in [1.54, 1.807) is 29.2 Å². The summed E-state index contributed by atoms with van der Waals surface area (Å²) < 4.78 is 0. The number of aromatic amines is 2. The van der Waals surface area contributed by atoms with E-state index in [1.807, 2.05) is 0 Å². The van der Waals surface area contributed by atoms with Gasteiger partial charge >= 0.3 is 16.9 Å². The van der Waals surface area contributed by atoms with Crippen LogP contribution in [0, 0.1) is 10.1 Å². The van der Waals surface area contributed by atoms with Crippen LogP contribution in [0.3, 0.4) is 0 Å². The van der Waals surface area contributed by atoms with Gasteiger partial charge in [0.2, 0.25) is 5.91 Å². The van der Waals surface area contributed by atoms with Gasteiger partial charge in [0, 0.05) is 12.6 Å².